The fraction of sp³-hybridized carbons (Fsp3) is 0. The first kappa shape index (κ1) is 8.97. The Kier molecular flexibility index (Phi) is 2.10. The Morgan fingerprint density at radius 2 is 2.14 bits per heavy atom. The van der Waals surface area contributed by atoms with Gasteiger partial charge in [-0.2, -0.15) is 5.26 Å². The zero-order valence-corrected chi connectivity index (χ0v) is 8.75. The summed E-state index contributed by atoms with van der Waals surface area (Å²) < 4.78 is 0.923. The molecule has 0 fully saturated rings. The van der Waals surface area contributed by atoms with Gasteiger partial charge < -0.3 is 5.73 Å². The van der Waals surface area contributed by atoms with Gasteiger partial charge in [-0.05, 0) is 18.2 Å². The van der Waals surface area contributed by atoms with E-state index in [-0.39, 0.29) is 0 Å². The maximum Gasteiger partial charge on any atom is 0.131 e. The number of halogens is 1. The maximum atomic E-state index is 8.87. The first-order valence-corrected chi connectivity index (χ1v) is 4.75. The van der Waals surface area contributed by atoms with Crippen LogP contribution in [-0.4, -0.2) is 4.98 Å². The number of nitrogens with two attached hydrogens (primary N) is 1. The Bertz CT molecular complexity index is 543. The van der Waals surface area contributed by atoms with Gasteiger partial charge in [-0.3, -0.25) is 0 Å². The van der Waals surface area contributed by atoms with E-state index in [0.29, 0.717) is 11.4 Å². The van der Waals surface area contributed by atoms with Crippen LogP contribution in [0.3, 0.4) is 0 Å². The van der Waals surface area contributed by atoms with E-state index in [1.54, 1.807) is 0 Å². The molecule has 3 nitrogen and oxygen atoms in total. The highest BCUT2D eigenvalue weighted by Gasteiger charge is 2.04. The summed E-state index contributed by atoms with van der Waals surface area (Å²) in [6.07, 6.45) is 1.49. The third-order valence-electron chi connectivity index (χ3n) is 2.00. The van der Waals surface area contributed by atoms with Gasteiger partial charge in [-0.25, -0.2) is 4.98 Å². The molecule has 2 N–H and O–H groups in total. The van der Waals surface area contributed by atoms with Gasteiger partial charge in [0.15, 0.2) is 0 Å². The van der Waals surface area contributed by atoms with Gasteiger partial charge in [0.1, 0.15) is 11.9 Å². The van der Waals surface area contributed by atoms with E-state index in [4.69, 9.17) is 11.0 Å². The molecule has 0 saturated carbocycles. The van der Waals surface area contributed by atoms with Crippen LogP contribution in [0.4, 0.5) is 5.82 Å². The quantitative estimate of drug-likeness (QED) is 0.778. The van der Waals surface area contributed by atoms with Crippen LogP contribution in [0.2, 0.25) is 0 Å². The van der Waals surface area contributed by atoms with E-state index < -0.39 is 0 Å². The minimum atomic E-state index is 0.450. The Labute approximate surface area is 89.3 Å². The number of nitrogen functional groups attached to an aromatic ring is 1. The highest BCUT2D eigenvalue weighted by molar-refractivity contribution is 9.10. The molecule has 0 unspecified atom stereocenters. The van der Waals surface area contributed by atoms with Crippen molar-refractivity contribution >= 4 is 32.5 Å². The molecule has 0 saturated heterocycles. The molecule has 1 heterocycles. The summed E-state index contributed by atoms with van der Waals surface area (Å²) >= 11 is 3.35. The average molecular weight is 248 g/mol. The Balaban J connectivity index is 2.94. The molecular weight excluding hydrogens is 242 g/mol. The first-order valence-electron chi connectivity index (χ1n) is 3.96. The van der Waals surface area contributed by atoms with Crippen molar-refractivity contribution in [3.63, 3.8) is 0 Å². The largest absolute Gasteiger partial charge is 0.383 e. The number of pyridine rings is 1. The molecule has 14 heavy (non-hydrogen) atoms. The van der Waals surface area contributed by atoms with Crippen LogP contribution < -0.4 is 5.73 Å². The number of benzene rings is 1. The molecule has 1 aromatic heterocycles. The number of fused-ring (bicyclic) bond motifs is 1. The van der Waals surface area contributed by atoms with E-state index >= 15 is 0 Å². The average Bonchev–Trinajstić information content (AvgIpc) is 2.18. The van der Waals surface area contributed by atoms with Crippen molar-refractivity contribution in [2.75, 3.05) is 5.73 Å². The molecule has 2 aromatic rings. The second-order valence-electron chi connectivity index (χ2n) is 2.86. The zero-order chi connectivity index (χ0) is 10.1. The molecule has 0 aliphatic carbocycles. The predicted molar refractivity (Wildman–Crippen MR) is 58.6 cm³/mol. The Morgan fingerprint density at radius 3 is 2.86 bits per heavy atom. The van der Waals surface area contributed by atoms with Crippen molar-refractivity contribution in [3.05, 3.63) is 34.4 Å². The van der Waals surface area contributed by atoms with Gasteiger partial charge in [0, 0.05) is 21.4 Å². The van der Waals surface area contributed by atoms with Gasteiger partial charge in [-0.1, -0.05) is 15.9 Å². The molecule has 0 aliphatic rings. The van der Waals surface area contributed by atoms with E-state index in [1.807, 2.05) is 18.2 Å². The van der Waals surface area contributed by atoms with E-state index in [0.717, 1.165) is 15.2 Å². The molecule has 0 radical (unpaired) electrons. The molecular formula is C10H6BrN3. The van der Waals surface area contributed by atoms with Crippen LogP contribution >= 0.6 is 15.9 Å². The van der Waals surface area contributed by atoms with E-state index in [2.05, 4.69) is 27.0 Å². The lowest BCUT2D eigenvalue weighted by molar-refractivity contribution is 1.34. The number of rotatable bonds is 0. The molecule has 0 bridgehead atoms. The maximum absolute atomic E-state index is 8.87. The summed E-state index contributed by atoms with van der Waals surface area (Å²) in [4.78, 5) is 3.95. The first-order chi connectivity index (χ1) is 6.72. The van der Waals surface area contributed by atoms with Crippen LogP contribution in [0.15, 0.2) is 28.9 Å². The van der Waals surface area contributed by atoms with Crippen molar-refractivity contribution in [1.29, 1.82) is 5.26 Å². The van der Waals surface area contributed by atoms with Gasteiger partial charge >= 0.3 is 0 Å². The summed E-state index contributed by atoms with van der Waals surface area (Å²) in [6.45, 7) is 0. The number of hydrogen-bond donors (Lipinski definition) is 1. The second kappa shape index (κ2) is 3.28. The topological polar surface area (TPSA) is 62.7 Å². The lowest BCUT2D eigenvalue weighted by Gasteiger charge is -2.02. The second-order valence-corrected chi connectivity index (χ2v) is 3.77. The summed E-state index contributed by atoms with van der Waals surface area (Å²) in [5.74, 6) is 0.450. The molecule has 68 valence electrons. The van der Waals surface area contributed by atoms with Crippen LogP contribution in [0.25, 0.3) is 10.8 Å². The van der Waals surface area contributed by atoms with Crippen molar-refractivity contribution in [2.45, 2.75) is 0 Å². The van der Waals surface area contributed by atoms with Crippen molar-refractivity contribution < 1.29 is 0 Å². The van der Waals surface area contributed by atoms with Crippen LogP contribution in [0, 0.1) is 11.3 Å². The molecule has 0 aliphatic heterocycles. The van der Waals surface area contributed by atoms with Crippen molar-refractivity contribution in [1.82, 2.24) is 4.98 Å². The van der Waals surface area contributed by atoms with Crippen LogP contribution in [0.1, 0.15) is 5.56 Å². The smallest absolute Gasteiger partial charge is 0.131 e. The number of hydrogen-bond acceptors (Lipinski definition) is 3. The minimum absolute atomic E-state index is 0.450. The normalized spacial score (nSPS) is 10.0. The highest BCUT2D eigenvalue weighted by Crippen LogP contribution is 2.25. The van der Waals surface area contributed by atoms with Gasteiger partial charge in [0.2, 0.25) is 0 Å². The summed E-state index contributed by atoms with van der Waals surface area (Å²) in [6, 6.07) is 7.68. The van der Waals surface area contributed by atoms with E-state index in [1.165, 1.54) is 6.20 Å². The summed E-state index contributed by atoms with van der Waals surface area (Å²) in [5.41, 5.74) is 6.23. The summed E-state index contributed by atoms with van der Waals surface area (Å²) in [7, 11) is 0. The fourth-order valence-electron chi connectivity index (χ4n) is 1.32. The van der Waals surface area contributed by atoms with E-state index in [9.17, 15) is 0 Å². The highest BCUT2D eigenvalue weighted by atomic mass is 79.9. The minimum Gasteiger partial charge on any atom is -0.383 e. The monoisotopic (exact) mass is 247 g/mol. The lowest BCUT2D eigenvalue weighted by atomic mass is 10.1. The summed E-state index contributed by atoms with van der Waals surface area (Å²) in [5, 5.41) is 10.5. The van der Waals surface area contributed by atoms with Crippen LogP contribution in [-0.2, 0) is 0 Å². The SMILES string of the molecule is N#Cc1cnc(N)c2ccc(Br)cc12. The standard InChI is InChI=1S/C10H6BrN3/c11-7-1-2-8-9(3-7)6(4-12)5-14-10(8)13/h1-3,5H,(H2,13,14). The third-order valence-corrected chi connectivity index (χ3v) is 2.49. The molecule has 2 rings (SSSR count). The lowest BCUT2D eigenvalue weighted by Crippen LogP contribution is -1.93. The van der Waals surface area contributed by atoms with Crippen LogP contribution in [0.5, 0.6) is 0 Å². The molecule has 0 spiro atoms. The number of nitrogens with zero attached hydrogens (tertiary/aromatic N) is 2. The zero-order valence-electron chi connectivity index (χ0n) is 7.16. The van der Waals surface area contributed by atoms with Crippen molar-refractivity contribution in [3.8, 4) is 6.07 Å². The number of aromatic nitrogens is 1. The molecule has 4 heteroatoms. The molecule has 0 amide bonds. The van der Waals surface area contributed by atoms with Gasteiger partial charge in [0.05, 0.1) is 5.56 Å². The van der Waals surface area contributed by atoms with Gasteiger partial charge in [-0.15, -0.1) is 0 Å². The number of nitriles is 1. The Hall–Kier alpha value is -1.60. The third kappa shape index (κ3) is 1.32. The molecule has 0 atom stereocenters. The fourth-order valence-corrected chi connectivity index (χ4v) is 1.69. The number of anilines is 1. The Morgan fingerprint density at radius 1 is 1.36 bits per heavy atom. The van der Waals surface area contributed by atoms with Crippen molar-refractivity contribution in [2.24, 2.45) is 0 Å². The van der Waals surface area contributed by atoms with Gasteiger partial charge in [0.25, 0.3) is 0 Å². The molecule has 1 aromatic carbocycles. The predicted octanol–water partition coefficient (Wildman–Crippen LogP) is 2.45.